The molecule has 0 unspecified atom stereocenters. The Balaban J connectivity index is 1.95. The van der Waals surface area contributed by atoms with Gasteiger partial charge in [-0.05, 0) is 13.0 Å². The number of piperazine rings is 1. The second kappa shape index (κ2) is 5.03. The van der Waals surface area contributed by atoms with Gasteiger partial charge in [-0.1, -0.05) is 11.7 Å². The molecule has 0 aliphatic carbocycles. The van der Waals surface area contributed by atoms with E-state index in [1.54, 1.807) is 22.8 Å². The fourth-order valence-electron chi connectivity index (χ4n) is 1.88. The third-order valence-electron chi connectivity index (χ3n) is 2.89. The SMILES string of the molecule is C=CC(=O)N1CCN(C(=O)c2cc(C)no2)CC1. The molecule has 2 amide bonds. The van der Waals surface area contributed by atoms with Crippen LogP contribution in [-0.2, 0) is 4.79 Å². The number of aryl methyl sites for hydroxylation is 1. The molecule has 2 heterocycles. The van der Waals surface area contributed by atoms with E-state index in [0.717, 1.165) is 0 Å². The van der Waals surface area contributed by atoms with Crippen molar-refractivity contribution in [1.29, 1.82) is 0 Å². The Labute approximate surface area is 105 Å². The van der Waals surface area contributed by atoms with Gasteiger partial charge < -0.3 is 14.3 Å². The molecule has 0 radical (unpaired) electrons. The van der Waals surface area contributed by atoms with Crippen LogP contribution in [-0.4, -0.2) is 52.9 Å². The van der Waals surface area contributed by atoms with Crippen molar-refractivity contribution in [1.82, 2.24) is 15.0 Å². The van der Waals surface area contributed by atoms with Crippen LogP contribution in [0.4, 0.5) is 0 Å². The van der Waals surface area contributed by atoms with Crippen LogP contribution >= 0.6 is 0 Å². The van der Waals surface area contributed by atoms with Gasteiger partial charge in [-0.15, -0.1) is 0 Å². The summed E-state index contributed by atoms with van der Waals surface area (Å²) in [6.45, 7) is 7.24. The Kier molecular flexibility index (Phi) is 3.45. The Bertz CT molecular complexity index is 473. The first-order chi connectivity index (χ1) is 8.61. The monoisotopic (exact) mass is 249 g/mol. The Morgan fingerprint density at radius 3 is 2.44 bits per heavy atom. The standard InChI is InChI=1S/C12H15N3O3/c1-3-11(16)14-4-6-15(7-5-14)12(17)10-8-9(2)13-18-10/h3,8H,1,4-7H2,2H3. The number of carbonyl (C=O) groups excluding carboxylic acids is 2. The maximum Gasteiger partial charge on any atom is 0.292 e. The summed E-state index contributed by atoms with van der Waals surface area (Å²) in [4.78, 5) is 26.7. The normalized spacial score (nSPS) is 15.6. The summed E-state index contributed by atoms with van der Waals surface area (Å²) in [5.41, 5.74) is 0.679. The molecule has 0 saturated carbocycles. The average Bonchev–Trinajstić information content (AvgIpc) is 2.84. The van der Waals surface area contributed by atoms with E-state index in [0.29, 0.717) is 31.9 Å². The minimum absolute atomic E-state index is 0.0994. The molecule has 0 N–H and O–H groups in total. The molecule has 6 nitrogen and oxygen atoms in total. The predicted octanol–water partition coefficient (Wildman–Crippen LogP) is 0.453. The van der Waals surface area contributed by atoms with Crippen LogP contribution in [0.5, 0.6) is 0 Å². The summed E-state index contributed by atoms with van der Waals surface area (Å²) < 4.78 is 4.94. The molecule has 0 spiro atoms. The number of carbonyl (C=O) groups is 2. The molecule has 1 aromatic rings. The van der Waals surface area contributed by atoms with E-state index in [1.165, 1.54) is 6.08 Å². The molecule has 0 bridgehead atoms. The predicted molar refractivity (Wildman–Crippen MR) is 63.9 cm³/mol. The van der Waals surface area contributed by atoms with E-state index in [9.17, 15) is 9.59 Å². The minimum atomic E-state index is -0.179. The summed E-state index contributed by atoms with van der Waals surface area (Å²) >= 11 is 0. The van der Waals surface area contributed by atoms with Crippen LogP contribution in [0.15, 0.2) is 23.2 Å². The molecule has 96 valence electrons. The lowest BCUT2D eigenvalue weighted by atomic mass is 10.2. The third-order valence-corrected chi connectivity index (χ3v) is 2.89. The molecule has 0 atom stereocenters. The number of hydrogen-bond acceptors (Lipinski definition) is 4. The highest BCUT2D eigenvalue weighted by atomic mass is 16.5. The van der Waals surface area contributed by atoms with Crippen molar-refractivity contribution in [3.63, 3.8) is 0 Å². The Hall–Kier alpha value is -2.11. The molecule has 1 saturated heterocycles. The molecule has 1 aromatic heterocycles. The summed E-state index contributed by atoms with van der Waals surface area (Å²) in [6.07, 6.45) is 1.29. The topological polar surface area (TPSA) is 66.7 Å². The quantitative estimate of drug-likeness (QED) is 0.714. The number of amides is 2. The molecule has 1 aliphatic heterocycles. The maximum atomic E-state index is 12.0. The maximum absolute atomic E-state index is 12.0. The summed E-state index contributed by atoms with van der Waals surface area (Å²) in [5, 5.41) is 3.69. The van der Waals surface area contributed by atoms with Gasteiger partial charge in [0.05, 0.1) is 5.69 Å². The second-order valence-corrected chi connectivity index (χ2v) is 4.15. The fourth-order valence-corrected chi connectivity index (χ4v) is 1.88. The van der Waals surface area contributed by atoms with Crippen LogP contribution in [0.1, 0.15) is 16.2 Å². The first-order valence-corrected chi connectivity index (χ1v) is 5.75. The zero-order valence-electron chi connectivity index (χ0n) is 10.3. The van der Waals surface area contributed by atoms with Gasteiger partial charge in [0, 0.05) is 32.2 Å². The smallest absolute Gasteiger partial charge is 0.292 e. The zero-order chi connectivity index (χ0) is 13.1. The van der Waals surface area contributed by atoms with Crippen molar-refractivity contribution in [2.24, 2.45) is 0 Å². The van der Waals surface area contributed by atoms with Crippen molar-refractivity contribution in [3.8, 4) is 0 Å². The number of hydrogen-bond donors (Lipinski definition) is 0. The van der Waals surface area contributed by atoms with E-state index in [4.69, 9.17) is 4.52 Å². The fraction of sp³-hybridized carbons (Fsp3) is 0.417. The van der Waals surface area contributed by atoms with E-state index in [2.05, 4.69) is 11.7 Å². The van der Waals surface area contributed by atoms with Crippen molar-refractivity contribution in [2.75, 3.05) is 26.2 Å². The van der Waals surface area contributed by atoms with E-state index in [-0.39, 0.29) is 17.6 Å². The van der Waals surface area contributed by atoms with Crippen LogP contribution in [0.2, 0.25) is 0 Å². The zero-order valence-corrected chi connectivity index (χ0v) is 10.3. The van der Waals surface area contributed by atoms with Gasteiger partial charge in [0.2, 0.25) is 11.7 Å². The lowest BCUT2D eigenvalue weighted by Gasteiger charge is -2.33. The summed E-state index contributed by atoms with van der Waals surface area (Å²) in [5.74, 6) is -0.0325. The lowest BCUT2D eigenvalue weighted by Crippen LogP contribution is -2.50. The number of rotatable bonds is 2. The van der Waals surface area contributed by atoms with E-state index < -0.39 is 0 Å². The molecular weight excluding hydrogens is 234 g/mol. The molecular formula is C12H15N3O3. The van der Waals surface area contributed by atoms with Crippen molar-refractivity contribution < 1.29 is 14.1 Å². The van der Waals surface area contributed by atoms with Gasteiger partial charge in [0.25, 0.3) is 5.91 Å². The molecule has 1 fully saturated rings. The van der Waals surface area contributed by atoms with E-state index >= 15 is 0 Å². The van der Waals surface area contributed by atoms with Crippen LogP contribution in [0.25, 0.3) is 0 Å². The highest BCUT2D eigenvalue weighted by Crippen LogP contribution is 2.10. The van der Waals surface area contributed by atoms with Crippen LogP contribution < -0.4 is 0 Å². The number of aromatic nitrogens is 1. The van der Waals surface area contributed by atoms with Gasteiger partial charge >= 0.3 is 0 Å². The van der Waals surface area contributed by atoms with Crippen molar-refractivity contribution in [2.45, 2.75) is 6.92 Å². The van der Waals surface area contributed by atoms with Crippen molar-refractivity contribution >= 4 is 11.8 Å². The first kappa shape index (κ1) is 12.3. The Morgan fingerprint density at radius 1 is 1.33 bits per heavy atom. The number of nitrogens with zero attached hydrogens (tertiary/aromatic N) is 3. The van der Waals surface area contributed by atoms with Crippen LogP contribution in [0, 0.1) is 6.92 Å². The van der Waals surface area contributed by atoms with Gasteiger partial charge in [-0.3, -0.25) is 9.59 Å². The first-order valence-electron chi connectivity index (χ1n) is 5.75. The molecule has 0 aromatic carbocycles. The largest absolute Gasteiger partial charge is 0.351 e. The molecule has 1 aliphatic rings. The van der Waals surface area contributed by atoms with Gasteiger partial charge in [-0.25, -0.2) is 0 Å². The van der Waals surface area contributed by atoms with E-state index in [1.807, 2.05) is 0 Å². The van der Waals surface area contributed by atoms with Gasteiger partial charge in [0.1, 0.15) is 0 Å². The minimum Gasteiger partial charge on any atom is -0.351 e. The Morgan fingerprint density at radius 2 is 1.94 bits per heavy atom. The van der Waals surface area contributed by atoms with Crippen molar-refractivity contribution in [3.05, 3.63) is 30.2 Å². The van der Waals surface area contributed by atoms with Gasteiger partial charge in [-0.2, -0.15) is 0 Å². The second-order valence-electron chi connectivity index (χ2n) is 4.15. The molecule has 2 rings (SSSR count). The molecule has 18 heavy (non-hydrogen) atoms. The van der Waals surface area contributed by atoms with Gasteiger partial charge in [0.15, 0.2) is 0 Å². The molecule has 6 heteroatoms. The average molecular weight is 249 g/mol. The highest BCUT2D eigenvalue weighted by Gasteiger charge is 2.25. The van der Waals surface area contributed by atoms with Crippen LogP contribution in [0.3, 0.4) is 0 Å². The third kappa shape index (κ3) is 2.42. The lowest BCUT2D eigenvalue weighted by molar-refractivity contribution is -0.127. The summed E-state index contributed by atoms with van der Waals surface area (Å²) in [7, 11) is 0. The highest BCUT2D eigenvalue weighted by molar-refractivity contribution is 5.92. The summed E-state index contributed by atoms with van der Waals surface area (Å²) in [6, 6.07) is 1.61.